The number of alkyl halides is 3. The number of para-hydroxylation sites is 1. The Labute approximate surface area is 174 Å². The molecule has 0 bridgehead atoms. The Balaban J connectivity index is 1.75. The van der Waals surface area contributed by atoms with Gasteiger partial charge in [-0.15, -0.1) is 11.3 Å². The summed E-state index contributed by atoms with van der Waals surface area (Å²) in [6, 6.07) is 7.07. The number of benzene rings is 1. The summed E-state index contributed by atoms with van der Waals surface area (Å²) in [5, 5.41) is 26.0. The quantitative estimate of drug-likeness (QED) is 0.484. The summed E-state index contributed by atoms with van der Waals surface area (Å²) in [5.41, 5.74) is 1.80. The summed E-state index contributed by atoms with van der Waals surface area (Å²) in [6.45, 7) is 0.407. The first kappa shape index (κ1) is 20.8. The van der Waals surface area contributed by atoms with Crippen molar-refractivity contribution in [1.82, 2.24) is 15.0 Å². The number of nitrogens with one attached hydrogen (secondary N) is 2. The third-order valence-corrected chi connectivity index (χ3v) is 6.00. The highest BCUT2D eigenvalue weighted by Crippen LogP contribution is 2.37. The second-order valence-corrected chi connectivity index (χ2v) is 8.23. The van der Waals surface area contributed by atoms with E-state index in [1.807, 2.05) is 24.3 Å². The van der Waals surface area contributed by atoms with Gasteiger partial charge in [-0.25, -0.2) is 9.97 Å². The molecule has 30 heavy (non-hydrogen) atoms. The SMILES string of the molecule is Cc1nc(NCC(F)(F)F)nc(NC2CC[C@H](O)[C@H]2O)c1-c1nc2ccccc2s1. The number of fused-ring (bicyclic) bond motifs is 1. The zero-order valence-corrected chi connectivity index (χ0v) is 16.8. The number of aliphatic hydroxyl groups excluding tert-OH is 2. The van der Waals surface area contributed by atoms with Gasteiger partial charge < -0.3 is 20.8 Å². The van der Waals surface area contributed by atoms with Gasteiger partial charge in [-0.1, -0.05) is 12.1 Å². The lowest BCUT2D eigenvalue weighted by atomic mass is 10.1. The Morgan fingerprint density at radius 2 is 1.90 bits per heavy atom. The van der Waals surface area contributed by atoms with E-state index in [2.05, 4.69) is 25.6 Å². The maximum atomic E-state index is 12.6. The molecule has 0 spiro atoms. The third kappa shape index (κ3) is 4.32. The predicted molar refractivity (Wildman–Crippen MR) is 109 cm³/mol. The van der Waals surface area contributed by atoms with Crippen LogP contribution in [-0.2, 0) is 0 Å². The van der Waals surface area contributed by atoms with Crippen LogP contribution in [0.1, 0.15) is 18.5 Å². The summed E-state index contributed by atoms with van der Waals surface area (Å²) in [4.78, 5) is 13.0. The first-order valence-electron chi connectivity index (χ1n) is 9.39. The molecule has 7 nitrogen and oxygen atoms in total. The number of halogens is 3. The van der Waals surface area contributed by atoms with Crippen LogP contribution in [0, 0.1) is 6.92 Å². The molecule has 1 aromatic carbocycles. The maximum Gasteiger partial charge on any atom is 0.405 e. The highest BCUT2D eigenvalue weighted by molar-refractivity contribution is 7.21. The van der Waals surface area contributed by atoms with Gasteiger partial charge in [-0.05, 0) is 31.9 Å². The molecule has 0 aliphatic heterocycles. The molecule has 160 valence electrons. The molecule has 2 heterocycles. The topological polar surface area (TPSA) is 103 Å². The maximum absolute atomic E-state index is 12.6. The molecule has 4 rings (SSSR count). The van der Waals surface area contributed by atoms with Gasteiger partial charge in [-0.3, -0.25) is 0 Å². The first-order valence-corrected chi connectivity index (χ1v) is 10.2. The van der Waals surface area contributed by atoms with Crippen LogP contribution < -0.4 is 10.6 Å². The van der Waals surface area contributed by atoms with E-state index in [1.54, 1.807) is 6.92 Å². The molecular formula is C19H20F3N5O2S. The van der Waals surface area contributed by atoms with Gasteiger partial charge in [0.05, 0.1) is 39.7 Å². The van der Waals surface area contributed by atoms with E-state index in [9.17, 15) is 23.4 Å². The second kappa shape index (κ2) is 7.97. The van der Waals surface area contributed by atoms with Crippen LogP contribution in [0.2, 0.25) is 0 Å². The fourth-order valence-corrected chi connectivity index (χ4v) is 4.53. The normalized spacial score (nSPS) is 21.9. The van der Waals surface area contributed by atoms with Crippen molar-refractivity contribution in [3.8, 4) is 10.6 Å². The van der Waals surface area contributed by atoms with Crippen molar-refractivity contribution in [3.63, 3.8) is 0 Å². The molecule has 2 aromatic heterocycles. The highest BCUT2D eigenvalue weighted by atomic mass is 32.1. The summed E-state index contributed by atoms with van der Waals surface area (Å²) < 4.78 is 38.8. The number of rotatable bonds is 5. The van der Waals surface area contributed by atoms with Crippen LogP contribution in [0.4, 0.5) is 24.9 Å². The van der Waals surface area contributed by atoms with E-state index < -0.39 is 31.0 Å². The lowest BCUT2D eigenvalue weighted by Gasteiger charge is -2.21. The molecule has 1 aliphatic carbocycles. The minimum atomic E-state index is -4.41. The predicted octanol–water partition coefficient (Wildman–Crippen LogP) is 3.33. The molecule has 0 saturated heterocycles. The van der Waals surface area contributed by atoms with E-state index in [0.29, 0.717) is 29.1 Å². The lowest BCUT2D eigenvalue weighted by molar-refractivity contribution is -0.115. The number of aromatic nitrogens is 3. The van der Waals surface area contributed by atoms with E-state index in [1.165, 1.54) is 11.3 Å². The largest absolute Gasteiger partial charge is 0.405 e. The molecule has 3 aromatic rings. The van der Waals surface area contributed by atoms with Gasteiger partial charge >= 0.3 is 6.18 Å². The standard InChI is InChI=1S/C19H20F3N5O2S/c1-9-14(17-26-10-4-2-3-5-13(10)30-17)16(25-11-6-7-12(28)15(11)29)27-18(24-9)23-8-19(20,21)22/h2-5,11-12,15,28-29H,6-8H2,1H3,(H2,23,24,25,27)/t11?,12-,15-/m0/s1. The molecule has 11 heteroatoms. The number of thiazole rings is 1. The lowest BCUT2D eigenvalue weighted by Crippen LogP contribution is -2.35. The van der Waals surface area contributed by atoms with E-state index >= 15 is 0 Å². The van der Waals surface area contributed by atoms with Crippen molar-refractivity contribution < 1.29 is 23.4 Å². The number of anilines is 2. The minimum Gasteiger partial charge on any atom is -0.390 e. The zero-order chi connectivity index (χ0) is 21.5. The number of hydrogen-bond acceptors (Lipinski definition) is 8. The van der Waals surface area contributed by atoms with Gasteiger partial charge in [-0.2, -0.15) is 18.2 Å². The monoisotopic (exact) mass is 439 g/mol. The van der Waals surface area contributed by atoms with E-state index in [0.717, 1.165) is 10.2 Å². The first-order chi connectivity index (χ1) is 14.2. The fraction of sp³-hybridized carbons (Fsp3) is 0.421. The second-order valence-electron chi connectivity index (χ2n) is 7.20. The van der Waals surface area contributed by atoms with Crippen LogP contribution >= 0.6 is 11.3 Å². The van der Waals surface area contributed by atoms with Crippen molar-refractivity contribution in [2.45, 2.75) is 44.2 Å². The average molecular weight is 439 g/mol. The molecule has 0 amide bonds. The molecule has 3 atom stereocenters. The summed E-state index contributed by atoms with van der Waals surface area (Å²) >= 11 is 1.42. The molecule has 1 saturated carbocycles. The Morgan fingerprint density at radius 1 is 1.13 bits per heavy atom. The van der Waals surface area contributed by atoms with Crippen molar-refractivity contribution in [3.05, 3.63) is 30.0 Å². The van der Waals surface area contributed by atoms with Crippen LogP contribution in [0.15, 0.2) is 24.3 Å². The van der Waals surface area contributed by atoms with Crippen LogP contribution in [0.3, 0.4) is 0 Å². The van der Waals surface area contributed by atoms with Gasteiger partial charge in [0, 0.05) is 0 Å². The van der Waals surface area contributed by atoms with E-state index in [4.69, 9.17) is 0 Å². The summed E-state index contributed by atoms with van der Waals surface area (Å²) in [6.07, 6.45) is -5.37. The smallest absolute Gasteiger partial charge is 0.390 e. The Kier molecular flexibility index (Phi) is 5.51. The number of hydrogen-bond donors (Lipinski definition) is 4. The summed E-state index contributed by atoms with van der Waals surface area (Å²) in [7, 11) is 0. The third-order valence-electron chi connectivity index (χ3n) is 4.95. The van der Waals surface area contributed by atoms with Crippen LogP contribution in [0.5, 0.6) is 0 Å². The summed E-state index contributed by atoms with van der Waals surface area (Å²) in [5.74, 6) is 0.0922. The zero-order valence-electron chi connectivity index (χ0n) is 15.9. The van der Waals surface area contributed by atoms with Gasteiger partial charge in [0.25, 0.3) is 0 Å². The molecule has 4 N–H and O–H groups in total. The van der Waals surface area contributed by atoms with Crippen molar-refractivity contribution in [2.75, 3.05) is 17.2 Å². The Hall–Kier alpha value is -2.50. The Morgan fingerprint density at radius 3 is 2.57 bits per heavy atom. The van der Waals surface area contributed by atoms with E-state index in [-0.39, 0.29) is 11.8 Å². The van der Waals surface area contributed by atoms with Crippen molar-refractivity contribution >= 4 is 33.3 Å². The average Bonchev–Trinajstić information content (AvgIpc) is 3.24. The number of aryl methyl sites for hydroxylation is 1. The van der Waals surface area contributed by atoms with Gasteiger partial charge in [0.15, 0.2) is 0 Å². The minimum absolute atomic E-state index is 0.176. The molecular weight excluding hydrogens is 419 g/mol. The highest BCUT2D eigenvalue weighted by Gasteiger charge is 2.34. The molecule has 0 radical (unpaired) electrons. The van der Waals surface area contributed by atoms with Gasteiger partial charge in [0.2, 0.25) is 5.95 Å². The molecule has 1 aliphatic rings. The number of nitrogens with zero attached hydrogens (tertiary/aromatic N) is 3. The molecule has 1 fully saturated rings. The van der Waals surface area contributed by atoms with Crippen molar-refractivity contribution in [1.29, 1.82) is 0 Å². The van der Waals surface area contributed by atoms with Crippen molar-refractivity contribution in [2.24, 2.45) is 0 Å². The molecule has 1 unspecified atom stereocenters. The Bertz CT molecular complexity index is 1030. The number of aliphatic hydroxyl groups is 2. The van der Waals surface area contributed by atoms with Gasteiger partial charge in [0.1, 0.15) is 17.4 Å². The fourth-order valence-electron chi connectivity index (χ4n) is 3.46. The van der Waals surface area contributed by atoms with Crippen LogP contribution in [-0.4, -0.2) is 56.1 Å². The van der Waals surface area contributed by atoms with Crippen LogP contribution in [0.25, 0.3) is 20.8 Å².